The van der Waals surface area contributed by atoms with E-state index < -0.39 is 0 Å². The van der Waals surface area contributed by atoms with E-state index in [1.165, 1.54) is 0 Å². The highest BCUT2D eigenvalue weighted by Crippen LogP contribution is 1.99. The van der Waals surface area contributed by atoms with Gasteiger partial charge in [0.15, 0.2) is 0 Å². The first-order chi connectivity index (χ1) is 4.54. The Morgan fingerprint density at radius 2 is 1.70 bits per heavy atom. The van der Waals surface area contributed by atoms with Gasteiger partial charge in [-0.25, -0.2) is 0 Å². The van der Waals surface area contributed by atoms with Crippen LogP contribution in [0.3, 0.4) is 0 Å². The summed E-state index contributed by atoms with van der Waals surface area (Å²) in [7, 11) is 0. The fourth-order valence-electron chi connectivity index (χ4n) is 0.496. The van der Waals surface area contributed by atoms with Gasteiger partial charge in [-0.2, -0.15) is 0 Å². The van der Waals surface area contributed by atoms with Crippen LogP contribution in [0.2, 0.25) is 0 Å². The van der Waals surface area contributed by atoms with Crippen LogP contribution in [-0.2, 0) is 4.74 Å². The van der Waals surface area contributed by atoms with Crippen LogP contribution in [0.4, 0.5) is 0 Å². The molecule has 0 rings (SSSR count). The maximum Gasteiger partial charge on any atom is 0.0623 e. The van der Waals surface area contributed by atoms with E-state index >= 15 is 0 Å². The van der Waals surface area contributed by atoms with Crippen molar-refractivity contribution in [3.8, 4) is 0 Å². The Labute approximate surface area is 63.7 Å². The molecule has 0 spiro atoms. The molecule has 2 nitrogen and oxygen atoms in total. The van der Waals surface area contributed by atoms with E-state index in [1.807, 2.05) is 13.8 Å². The van der Waals surface area contributed by atoms with Crippen LogP contribution in [0.25, 0.3) is 0 Å². The second-order valence-corrected chi connectivity index (χ2v) is 3.29. The molecule has 0 amide bonds. The molecule has 0 unspecified atom stereocenters. The topological polar surface area (TPSA) is 35.2 Å². The smallest absolute Gasteiger partial charge is 0.0623 e. The summed E-state index contributed by atoms with van der Waals surface area (Å²) < 4.78 is 5.34. The zero-order valence-corrected chi connectivity index (χ0v) is 7.42. The molecular weight excluding hydrogens is 126 g/mol. The van der Waals surface area contributed by atoms with Gasteiger partial charge >= 0.3 is 0 Å². The van der Waals surface area contributed by atoms with E-state index in [-0.39, 0.29) is 6.04 Å². The summed E-state index contributed by atoms with van der Waals surface area (Å²) in [5.41, 5.74) is 5.74. The Bertz CT molecular complexity index is 81.3. The minimum Gasteiger partial charge on any atom is -0.377 e. The Hall–Kier alpha value is -0.0800. The summed E-state index contributed by atoms with van der Waals surface area (Å²) in [5, 5.41) is 0. The van der Waals surface area contributed by atoms with E-state index in [9.17, 15) is 0 Å². The molecular formula is C8H19NO. The van der Waals surface area contributed by atoms with E-state index in [4.69, 9.17) is 10.5 Å². The van der Waals surface area contributed by atoms with Gasteiger partial charge in [-0.05, 0) is 19.8 Å². The number of ether oxygens (including phenoxy) is 1. The van der Waals surface area contributed by atoms with Gasteiger partial charge in [-0.15, -0.1) is 0 Å². The zero-order valence-electron chi connectivity index (χ0n) is 7.42. The van der Waals surface area contributed by atoms with E-state index in [0.29, 0.717) is 18.6 Å². The van der Waals surface area contributed by atoms with Gasteiger partial charge in [0.25, 0.3) is 0 Å². The summed E-state index contributed by atoms with van der Waals surface area (Å²) in [6.45, 7) is 8.93. The first-order valence-electron chi connectivity index (χ1n) is 3.91. The third-order valence-electron chi connectivity index (χ3n) is 1.48. The quantitative estimate of drug-likeness (QED) is 0.649. The van der Waals surface area contributed by atoms with E-state index in [2.05, 4.69) is 13.8 Å². The van der Waals surface area contributed by atoms with Crippen LogP contribution >= 0.6 is 0 Å². The highest BCUT2D eigenvalue weighted by atomic mass is 16.5. The third-order valence-corrected chi connectivity index (χ3v) is 1.48. The zero-order chi connectivity index (χ0) is 8.15. The van der Waals surface area contributed by atoms with Gasteiger partial charge in [-0.3, -0.25) is 0 Å². The van der Waals surface area contributed by atoms with Crippen molar-refractivity contribution in [2.75, 3.05) is 6.61 Å². The first-order valence-corrected chi connectivity index (χ1v) is 3.91. The van der Waals surface area contributed by atoms with Crippen molar-refractivity contribution in [2.45, 2.75) is 39.8 Å². The minimum absolute atomic E-state index is 0.183. The van der Waals surface area contributed by atoms with Crippen molar-refractivity contribution in [3.05, 3.63) is 0 Å². The Balaban J connectivity index is 3.30. The van der Waals surface area contributed by atoms with Gasteiger partial charge < -0.3 is 10.5 Å². The molecule has 0 aliphatic rings. The molecule has 2 heteroatoms. The molecule has 1 atom stereocenters. The van der Waals surface area contributed by atoms with Crippen molar-refractivity contribution in [1.82, 2.24) is 0 Å². The molecule has 0 aromatic heterocycles. The minimum atomic E-state index is 0.183. The largest absolute Gasteiger partial charge is 0.377 e. The predicted octanol–water partition coefficient (Wildman–Crippen LogP) is 1.39. The van der Waals surface area contributed by atoms with Gasteiger partial charge in [0.1, 0.15) is 0 Å². The average Bonchev–Trinajstić information content (AvgIpc) is 1.82. The molecule has 0 aromatic carbocycles. The van der Waals surface area contributed by atoms with Crippen LogP contribution in [0.5, 0.6) is 0 Å². The van der Waals surface area contributed by atoms with Crippen molar-refractivity contribution in [2.24, 2.45) is 11.7 Å². The summed E-state index contributed by atoms with van der Waals surface area (Å²) in [6, 6.07) is 0.183. The molecule has 10 heavy (non-hydrogen) atoms. The van der Waals surface area contributed by atoms with Gasteiger partial charge in [-0.1, -0.05) is 13.8 Å². The van der Waals surface area contributed by atoms with Crippen LogP contribution in [0, 0.1) is 5.92 Å². The molecule has 62 valence electrons. The molecule has 0 heterocycles. The maximum absolute atomic E-state index is 5.74. The second-order valence-electron chi connectivity index (χ2n) is 3.29. The van der Waals surface area contributed by atoms with E-state index in [1.54, 1.807) is 0 Å². The molecule has 0 aliphatic carbocycles. The fraction of sp³-hybridized carbons (Fsp3) is 1.00. The van der Waals surface area contributed by atoms with Crippen molar-refractivity contribution < 1.29 is 4.74 Å². The van der Waals surface area contributed by atoms with Crippen LogP contribution in [0.1, 0.15) is 27.7 Å². The molecule has 0 fully saturated rings. The lowest BCUT2D eigenvalue weighted by molar-refractivity contribution is 0.0604. The van der Waals surface area contributed by atoms with Gasteiger partial charge in [0, 0.05) is 6.04 Å². The summed E-state index contributed by atoms with van der Waals surface area (Å²) in [6.07, 6.45) is 0.296. The van der Waals surface area contributed by atoms with Crippen molar-refractivity contribution >= 4 is 0 Å². The van der Waals surface area contributed by atoms with Crippen LogP contribution < -0.4 is 5.73 Å². The Morgan fingerprint density at radius 3 is 2.00 bits per heavy atom. The lowest BCUT2D eigenvalue weighted by Crippen LogP contribution is -2.32. The van der Waals surface area contributed by atoms with Crippen molar-refractivity contribution in [1.29, 1.82) is 0 Å². The molecule has 0 saturated heterocycles. The molecule has 0 bridgehead atoms. The molecule has 0 saturated carbocycles. The normalized spacial score (nSPS) is 14.7. The number of hydrogen-bond acceptors (Lipinski definition) is 2. The number of hydrogen-bond donors (Lipinski definition) is 1. The van der Waals surface area contributed by atoms with E-state index in [0.717, 1.165) is 0 Å². The molecule has 0 aromatic rings. The lowest BCUT2D eigenvalue weighted by atomic mass is 10.1. The standard InChI is InChI=1S/C8H19NO/c1-6(2)8(9)5-10-7(3)4/h6-8H,5,9H2,1-4H3/t8-/m1/s1. The monoisotopic (exact) mass is 145 g/mol. The maximum atomic E-state index is 5.74. The van der Waals surface area contributed by atoms with Gasteiger partial charge in [0.05, 0.1) is 12.7 Å². The average molecular weight is 145 g/mol. The summed E-state index contributed by atoms with van der Waals surface area (Å²) in [5.74, 6) is 0.513. The SMILES string of the molecule is CC(C)OC[C@@H](N)C(C)C. The second kappa shape index (κ2) is 4.69. The van der Waals surface area contributed by atoms with Crippen molar-refractivity contribution in [3.63, 3.8) is 0 Å². The predicted molar refractivity (Wildman–Crippen MR) is 43.9 cm³/mol. The number of rotatable bonds is 4. The molecule has 0 aliphatic heterocycles. The lowest BCUT2D eigenvalue weighted by Gasteiger charge is -2.16. The molecule has 0 radical (unpaired) electrons. The fourth-order valence-corrected chi connectivity index (χ4v) is 0.496. The summed E-state index contributed by atoms with van der Waals surface area (Å²) >= 11 is 0. The highest BCUT2D eigenvalue weighted by Gasteiger charge is 2.07. The Morgan fingerprint density at radius 1 is 1.20 bits per heavy atom. The van der Waals surface area contributed by atoms with Crippen LogP contribution in [-0.4, -0.2) is 18.8 Å². The van der Waals surface area contributed by atoms with Gasteiger partial charge in [0.2, 0.25) is 0 Å². The molecule has 2 N–H and O–H groups in total. The van der Waals surface area contributed by atoms with Crippen LogP contribution in [0.15, 0.2) is 0 Å². The third kappa shape index (κ3) is 4.77. The number of nitrogens with two attached hydrogens (primary N) is 1. The highest BCUT2D eigenvalue weighted by molar-refractivity contribution is 4.63. The first kappa shape index (κ1) is 9.92. The summed E-state index contributed by atoms with van der Waals surface area (Å²) in [4.78, 5) is 0. The Kier molecular flexibility index (Phi) is 4.65.